The van der Waals surface area contributed by atoms with Gasteiger partial charge in [-0.3, -0.25) is 0 Å². The van der Waals surface area contributed by atoms with Crippen molar-refractivity contribution in [2.45, 2.75) is 0 Å². The highest BCUT2D eigenvalue weighted by molar-refractivity contribution is 7.26. The summed E-state index contributed by atoms with van der Waals surface area (Å²) in [6.07, 6.45) is 0. The molecule has 9 aromatic rings. The number of thiophene rings is 2. The Morgan fingerprint density at radius 2 is 0.826 bits per heavy atom. The van der Waals surface area contributed by atoms with E-state index in [9.17, 15) is 5.26 Å². The second kappa shape index (κ2) is 10.8. The van der Waals surface area contributed by atoms with Crippen molar-refractivity contribution in [3.63, 3.8) is 0 Å². The molecule has 46 heavy (non-hydrogen) atoms. The Morgan fingerprint density at radius 1 is 0.348 bits per heavy atom. The lowest BCUT2D eigenvalue weighted by Gasteiger charge is -2.14. The monoisotopic (exact) mass is 619 g/mol. The first kappa shape index (κ1) is 26.8. The highest BCUT2D eigenvalue weighted by Gasteiger charge is 2.15. The summed E-state index contributed by atoms with van der Waals surface area (Å²) in [7, 11) is 0. The Labute approximate surface area is 274 Å². The molecule has 0 N–H and O–H groups in total. The van der Waals surface area contributed by atoms with E-state index in [0.29, 0.717) is 5.56 Å². The van der Waals surface area contributed by atoms with Gasteiger partial charge >= 0.3 is 0 Å². The summed E-state index contributed by atoms with van der Waals surface area (Å²) < 4.78 is 5.19. The molecule has 0 saturated carbocycles. The SMILES string of the molecule is N#Cc1ccc(-c2ccccc2)cc1-c1cc(-c2ccc3sc4ccccc4c3c2)cc(-c2ccc3sc4ccccc4c3c2)c1. The van der Waals surface area contributed by atoms with Gasteiger partial charge in [0.05, 0.1) is 11.6 Å². The third-order valence-electron chi connectivity index (χ3n) is 8.91. The minimum Gasteiger partial charge on any atom is -0.192 e. The molecule has 7 aromatic carbocycles. The van der Waals surface area contributed by atoms with Crippen molar-refractivity contribution in [3.05, 3.63) is 157 Å². The van der Waals surface area contributed by atoms with E-state index < -0.39 is 0 Å². The van der Waals surface area contributed by atoms with Crippen LogP contribution >= 0.6 is 22.7 Å². The van der Waals surface area contributed by atoms with Gasteiger partial charge in [0.2, 0.25) is 0 Å². The normalized spacial score (nSPS) is 11.5. The van der Waals surface area contributed by atoms with Crippen LogP contribution in [0, 0.1) is 11.3 Å². The van der Waals surface area contributed by atoms with E-state index in [-0.39, 0.29) is 0 Å². The summed E-state index contributed by atoms with van der Waals surface area (Å²) in [5.41, 5.74) is 9.47. The Hall–Kier alpha value is -5.53. The van der Waals surface area contributed by atoms with E-state index in [1.54, 1.807) is 0 Å². The minimum atomic E-state index is 0.668. The number of nitriles is 1. The highest BCUT2D eigenvalue weighted by atomic mass is 32.1. The maximum absolute atomic E-state index is 10.3. The number of hydrogen-bond donors (Lipinski definition) is 0. The topological polar surface area (TPSA) is 23.8 Å². The summed E-state index contributed by atoms with van der Waals surface area (Å²) in [4.78, 5) is 0. The molecule has 0 spiro atoms. The molecule has 2 aromatic heterocycles. The standard InChI is InChI=1S/C43H25NS2/c44-26-31-15-14-28(27-8-2-1-3-9-27)23-37(31)34-21-32(29-16-18-42-38(24-29)35-10-4-6-12-40(35)45-42)20-33(22-34)30-17-19-43-39(25-30)36-11-5-7-13-41(36)46-43/h1-25H. The van der Waals surface area contributed by atoms with E-state index >= 15 is 0 Å². The fraction of sp³-hybridized carbons (Fsp3) is 0. The van der Waals surface area contributed by atoms with Crippen LogP contribution in [0.25, 0.3) is 84.9 Å². The van der Waals surface area contributed by atoms with Gasteiger partial charge in [-0.2, -0.15) is 5.26 Å². The van der Waals surface area contributed by atoms with Gasteiger partial charge in [0.25, 0.3) is 0 Å². The summed E-state index contributed by atoms with van der Waals surface area (Å²) in [5, 5.41) is 15.4. The molecule has 1 nitrogen and oxygen atoms in total. The van der Waals surface area contributed by atoms with E-state index in [1.165, 1.54) is 51.5 Å². The Morgan fingerprint density at radius 3 is 1.41 bits per heavy atom. The average molecular weight is 620 g/mol. The summed E-state index contributed by atoms with van der Waals surface area (Å²) in [5.74, 6) is 0. The second-order valence-electron chi connectivity index (χ2n) is 11.7. The molecule has 9 rings (SSSR count). The maximum atomic E-state index is 10.3. The quantitative estimate of drug-likeness (QED) is 0.192. The van der Waals surface area contributed by atoms with E-state index in [1.807, 2.05) is 40.9 Å². The molecule has 0 saturated heterocycles. The van der Waals surface area contributed by atoms with E-state index in [0.717, 1.165) is 33.4 Å². The maximum Gasteiger partial charge on any atom is 0.0998 e. The number of fused-ring (bicyclic) bond motifs is 6. The fourth-order valence-electron chi connectivity index (χ4n) is 6.62. The van der Waals surface area contributed by atoms with Crippen molar-refractivity contribution in [2.24, 2.45) is 0 Å². The molecule has 0 radical (unpaired) electrons. The van der Waals surface area contributed by atoms with Crippen LogP contribution in [0.1, 0.15) is 5.56 Å². The molecule has 0 aliphatic heterocycles. The van der Waals surface area contributed by atoms with Gasteiger partial charge in [-0.25, -0.2) is 0 Å². The lowest BCUT2D eigenvalue weighted by molar-refractivity contribution is 1.47. The predicted octanol–water partition coefficient (Wildman–Crippen LogP) is 13.0. The average Bonchev–Trinajstić information content (AvgIpc) is 3.69. The first-order chi connectivity index (χ1) is 22.7. The Balaban J connectivity index is 1.29. The Bertz CT molecular complexity index is 2520. The van der Waals surface area contributed by atoms with Crippen LogP contribution in [0.4, 0.5) is 0 Å². The van der Waals surface area contributed by atoms with Gasteiger partial charge in [0.15, 0.2) is 0 Å². The van der Waals surface area contributed by atoms with Gasteiger partial charge in [-0.1, -0.05) is 84.9 Å². The molecule has 0 bridgehead atoms. The summed E-state index contributed by atoms with van der Waals surface area (Å²) in [6.45, 7) is 0. The molecule has 0 aliphatic rings. The van der Waals surface area contributed by atoms with Gasteiger partial charge in [0.1, 0.15) is 0 Å². The summed E-state index contributed by atoms with van der Waals surface area (Å²) in [6, 6.07) is 56.8. The van der Waals surface area contributed by atoms with Gasteiger partial charge in [0, 0.05) is 45.9 Å². The van der Waals surface area contributed by atoms with Crippen molar-refractivity contribution in [1.82, 2.24) is 0 Å². The lowest BCUT2D eigenvalue weighted by atomic mass is 9.89. The molecule has 214 valence electrons. The first-order valence-corrected chi connectivity index (χ1v) is 16.9. The van der Waals surface area contributed by atoms with Crippen LogP contribution in [0.3, 0.4) is 0 Å². The molecule has 3 heteroatoms. The molecule has 0 unspecified atom stereocenters. The van der Waals surface area contributed by atoms with Gasteiger partial charge in [-0.05, 0) is 106 Å². The van der Waals surface area contributed by atoms with Crippen molar-refractivity contribution in [3.8, 4) is 50.6 Å². The zero-order chi connectivity index (χ0) is 30.6. The molecule has 2 heterocycles. The van der Waals surface area contributed by atoms with Crippen LogP contribution in [0.5, 0.6) is 0 Å². The zero-order valence-electron chi connectivity index (χ0n) is 24.7. The number of nitrogens with zero attached hydrogens (tertiary/aromatic N) is 1. The van der Waals surface area contributed by atoms with Crippen LogP contribution in [0.2, 0.25) is 0 Å². The molecule has 0 amide bonds. The molecular weight excluding hydrogens is 595 g/mol. The zero-order valence-corrected chi connectivity index (χ0v) is 26.3. The third-order valence-corrected chi connectivity index (χ3v) is 11.2. The van der Waals surface area contributed by atoms with Gasteiger partial charge in [-0.15, -0.1) is 22.7 Å². The number of benzene rings is 7. The van der Waals surface area contributed by atoms with Crippen LogP contribution < -0.4 is 0 Å². The lowest BCUT2D eigenvalue weighted by Crippen LogP contribution is -1.90. The molecule has 0 aliphatic carbocycles. The largest absolute Gasteiger partial charge is 0.192 e. The first-order valence-electron chi connectivity index (χ1n) is 15.3. The molecule has 0 fully saturated rings. The third kappa shape index (κ3) is 4.51. The van der Waals surface area contributed by atoms with Crippen molar-refractivity contribution in [1.29, 1.82) is 5.26 Å². The predicted molar refractivity (Wildman–Crippen MR) is 199 cm³/mol. The Kier molecular flexibility index (Phi) is 6.31. The van der Waals surface area contributed by atoms with Crippen LogP contribution in [-0.2, 0) is 0 Å². The van der Waals surface area contributed by atoms with E-state index in [2.05, 4.69) is 140 Å². The van der Waals surface area contributed by atoms with Crippen molar-refractivity contribution in [2.75, 3.05) is 0 Å². The minimum absolute atomic E-state index is 0.668. The second-order valence-corrected chi connectivity index (χ2v) is 13.8. The smallest absolute Gasteiger partial charge is 0.0998 e. The molecule has 0 atom stereocenters. The van der Waals surface area contributed by atoms with E-state index in [4.69, 9.17) is 0 Å². The highest BCUT2D eigenvalue weighted by Crippen LogP contribution is 2.41. The number of hydrogen-bond acceptors (Lipinski definition) is 3. The van der Waals surface area contributed by atoms with Gasteiger partial charge < -0.3 is 0 Å². The molecular formula is C43H25NS2. The van der Waals surface area contributed by atoms with Crippen LogP contribution in [0.15, 0.2) is 152 Å². The van der Waals surface area contributed by atoms with Crippen LogP contribution in [-0.4, -0.2) is 0 Å². The number of rotatable bonds is 4. The van der Waals surface area contributed by atoms with Crippen molar-refractivity contribution >= 4 is 63.0 Å². The summed E-state index contributed by atoms with van der Waals surface area (Å²) >= 11 is 3.68. The van der Waals surface area contributed by atoms with Crippen molar-refractivity contribution < 1.29 is 0 Å². The fourth-order valence-corrected chi connectivity index (χ4v) is 8.79.